The highest BCUT2D eigenvalue weighted by atomic mass is 32.2. The lowest BCUT2D eigenvalue weighted by molar-refractivity contribution is 0.0917. The van der Waals surface area contributed by atoms with Crippen LogP contribution in [0.2, 0.25) is 0 Å². The normalized spacial score (nSPS) is 21.6. The van der Waals surface area contributed by atoms with E-state index >= 15 is 0 Å². The number of thiophene rings is 1. The number of sulfone groups is 1. The molecule has 0 aromatic carbocycles. The molecule has 0 unspecified atom stereocenters. The number of hydrogen-bond acceptors (Lipinski definition) is 6. The number of nitrogens with zero attached hydrogens (tertiary/aromatic N) is 3. The number of aromatic nitrogens is 3. The monoisotopic (exact) mass is 404 g/mol. The van der Waals surface area contributed by atoms with Gasteiger partial charge in [0.15, 0.2) is 15.5 Å². The summed E-state index contributed by atoms with van der Waals surface area (Å²) < 4.78 is 25.4. The molecule has 0 aliphatic carbocycles. The van der Waals surface area contributed by atoms with Gasteiger partial charge in [0.25, 0.3) is 5.91 Å². The molecule has 4 rings (SSSR count). The standard InChI is InChI=1S/C18H20N4O3S2/c1-11-15-12(17(23)20-18(2)6-8-27(24,25)10-18)9-13(14-5-4-7-26-14)19-16(15)22(3)21-11/h4-5,7,9H,6,8,10H2,1-3H3,(H,20,23)/t18-/m0/s1. The van der Waals surface area contributed by atoms with Gasteiger partial charge in [-0.2, -0.15) is 5.10 Å². The van der Waals surface area contributed by atoms with Crippen LogP contribution in [0.4, 0.5) is 0 Å². The van der Waals surface area contributed by atoms with Crippen molar-refractivity contribution in [1.82, 2.24) is 20.1 Å². The fraction of sp³-hybridized carbons (Fsp3) is 0.389. The van der Waals surface area contributed by atoms with Gasteiger partial charge in [-0.05, 0) is 37.8 Å². The molecule has 1 fully saturated rings. The summed E-state index contributed by atoms with van der Waals surface area (Å²) in [5, 5.41) is 10.0. The second kappa shape index (κ2) is 6.13. The van der Waals surface area contributed by atoms with E-state index in [0.717, 1.165) is 4.88 Å². The number of amides is 1. The van der Waals surface area contributed by atoms with E-state index < -0.39 is 15.4 Å². The van der Waals surface area contributed by atoms with Crippen molar-refractivity contribution in [3.63, 3.8) is 0 Å². The van der Waals surface area contributed by atoms with Crippen LogP contribution in [-0.4, -0.2) is 46.1 Å². The molecule has 3 aromatic rings. The maximum Gasteiger partial charge on any atom is 0.252 e. The van der Waals surface area contributed by atoms with Crippen LogP contribution in [0.5, 0.6) is 0 Å². The van der Waals surface area contributed by atoms with E-state index in [-0.39, 0.29) is 17.4 Å². The summed E-state index contributed by atoms with van der Waals surface area (Å²) in [5.41, 5.74) is 1.76. The van der Waals surface area contributed by atoms with Gasteiger partial charge in [0.1, 0.15) is 0 Å². The zero-order chi connectivity index (χ0) is 19.4. The zero-order valence-corrected chi connectivity index (χ0v) is 16.9. The van der Waals surface area contributed by atoms with Gasteiger partial charge in [0.05, 0.1) is 44.3 Å². The lowest BCUT2D eigenvalue weighted by Crippen LogP contribution is -2.47. The van der Waals surface area contributed by atoms with Crippen molar-refractivity contribution in [3.05, 3.63) is 34.8 Å². The van der Waals surface area contributed by atoms with Crippen molar-refractivity contribution in [1.29, 1.82) is 0 Å². The van der Waals surface area contributed by atoms with Crippen LogP contribution >= 0.6 is 11.3 Å². The van der Waals surface area contributed by atoms with Gasteiger partial charge in [-0.3, -0.25) is 9.48 Å². The molecule has 27 heavy (non-hydrogen) atoms. The van der Waals surface area contributed by atoms with Gasteiger partial charge in [0, 0.05) is 7.05 Å². The third-order valence-electron chi connectivity index (χ3n) is 4.91. The Morgan fingerprint density at radius 3 is 2.81 bits per heavy atom. The molecule has 7 nitrogen and oxygen atoms in total. The zero-order valence-electron chi connectivity index (χ0n) is 15.3. The molecular formula is C18H20N4O3S2. The Morgan fingerprint density at radius 1 is 1.41 bits per heavy atom. The Kier molecular flexibility index (Phi) is 4.12. The fourth-order valence-electron chi connectivity index (χ4n) is 3.62. The molecular weight excluding hydrogens is 384 g/mol. The number of pyridine rings is 1. The first-order valence-corrected chi connectivity index (χ1v) is 11.3. The summed E-state index contributed by atoms with van der Waals surface area (Å²) >= 11 is 1.55. The number of aryl methyl sites for hydroxylation is 2. The molecule has 1 amide bonds. The fourth-order valence-corrected chi connectivity index (χ4v) is 6.40. The summed E-state index contributed by atoms with van der Waals surface area (Å²) in [6.07, 6.45) is 0.416. The molecule has 0 radical (unpaired) electrons. The Labute approximate surface area is 161 Å². The van der Waals surface area contributed by atoms with Gasteiger partial charge < -0.3 is 5.32 Å². The van der Waals surface area contributed by atoms with Crippen LogP contribution < -0.4 is 5.32 Å². The topological polar surface area (TPSA) is 93.9 Å². The molecule has 1 aliphatic heterocycles. The van der Waals surface area contributed by atoms with Crippen LogP contribution in [0.15, 0.2) is 23.6 Å². The number of nitrogens with one attached hydrogen (secondary N) is 1. The summed E-state index contributed by atoms with van der Waals surface area (Å²) in [5.74, 6) is -0.234. The van der Waals surface area contributed by atoms with E-state index in [1.807, 2.05) is 24.4 Å². The molecule has 3 aromatic heterocycles. The highest BCUT2D eigenvalue weighted by molar-refractivity contribution is 7.91. The first-order chi connectivity index (χ1) is 12.7. The van der Waals surface area contributed by atoms with E-state index in [4.69, 9.17) is 0 Å². The molecule has 9 heteroatoms. The van der Waals surface area contributed by atoms with Crippen molar-refractivity contribution >= 4 is 38.1 Å². The maximum absolute atomic E-state index is 13.1. The number of hydrogen-bond donors (Lipinski definition) is 1. The SMILES string of the molecule is Cc1nn(C)c2nc(-c3cccs3)cc(C(=O)N[C@@]3(C)CCS(=O)(=O)C3)c12. The minimum absolute atomic E-state index is 0.0379. The smallest absolute Gasteiger partial charge is 0.252 e. The minimum atomic E-state index is -3.11. The molecule has 1 N–H and O–H groups in total. The third kappa shape index (κ3) is 3.25. The van der Waals surface area contributed by atoms with Crippen molar-refractivity contribution < 1.29 is 13.2 Å². The maximum atomic E-state index is 13.1. The Bertz CT molecular complexity index is 1150. The number of carbonyl (C=O) groups excluding carboxylic acids is 1. The lowest BCUT2D eigenvalue weighted by Gasteiger charge is -2.24. The number of fused-ring (bicyclic) bond motifs is 1. The quantitative estimate of drug-likeness (QED) is 0.723. The van der Waals surface area contributed by atoms with Gasteiger partial charge in [-0.1, -0.05) is 6.07 Å². The van der Waals surface area contributed by atoms with Crippen LogP contribution in [0.3, 0.4) is 0 Å². The van der Waals surface area contributed by atoms with E-state index in [9.17, 15) is 13.2 Å². The first kappa shape index (κ1) is 18.1. The average molecular weight is 405 g/mol. The molecule has 1 aliphatic rings. The van der Waals surface area contributed by atoms with E-state index in [2.05, 4.69) is 15.4 Å². The van der Waals surface area contributed by atoms with E-state index in [0.29, 0.717) is 34.4 Å². The molecule has 0 saturated carbocycles. The Hall–Kier alpha value is -2.26. The van der Waals surface area contributed by atoms with Gasteiger partial charge in [-0.25, -0.2) is 13.4 Å². The summed E-state index contributed by atoms with van der Waals surface area (Å²) in [6, 6.07) is 5.66. The molecule has 142 valence electrons. The average Bonchev–Trinajstić information content (AvgIpc) is 3.27. The van der Waals surface area contributed by atoms with Crippen molar-refractivity contribution in [2.75, 3.05) is 11.5 Å². The number of rotatable bonds is 3. The van der Waals surface area contributed by atoms with Crippen LogP contribution in [0.1, 0.15) is 29.4 Å². The highest BCUT2D eigenvalue weighted by Crippen LogP contribution is 2.30. The van der Waals surface area contributed by atoms with Gasteiger partial charge in [0.2, 0.25) is 0 Å². The molecule has 0 bridgehead atoms. The second-order valence-corrected chi connectivity index (χ2v) is 10.4. The molecule has 0 spiro atoms. The predicted octanol–water partition coefficient (Wildman–Crippen LogP) is 2.31. The summed E-state index contributed by atoms with van der Waals surface area (Å²) in [6.45, 7) is 3.62. The van der Waals surface area contributed by atoms with Gasteiger partial charge >= 0.3 is 0 Å². The molecule has 1 saturated heterocycles. The van der Waals surface area contributed by atoms with Crippen molar-refractivity contribution in [2.24, 2.45) is 7.05 Å². The van der Waals surface area contributed by atoms with Crippen molar-refractivity contribution in [3.8, 4) is 10.6 Å². The van der Waals surface area contributed by atoms with Crippen LogP contribution in [0.25, 0.3) is 21.6 Å². The van der Waals surface area contributed by atoms with Crippen LogP contribution in [-0.2, 0) is 16.9 Å². The lowest BCUT2D eigenvalue weighted by atomic mass is 10.0. The van der Waals surface area contributed by atoms with Gasteiger partial charge in [-0.15, -0.1) is 11.3 Å². The third-order valence-corrected chi connectivity index (χ3v) is 7.70. The highest BCUT2D eigenvalue weighted by Gasteiger charge is 2.40. The Morgan fingerprint density at radius 2 is 2.19 bits per heavy atom. The predicted molar refractivity (Wildman–Crippen MR) is 106 cm³/mol. The molecule has 4 heterocycles. The first-order valence-electron chi connectivity index (χ1n) is 8.59. The summed E-state index contributed by atoms with van der Waals surface area (Å²) in [7, 11) is -1.32. The Balaban J connectivity index is 1.81. The van der Waals surface area contributed by atoms with Crippen molar-refractivity contribution in [2.45, 2.75) is 25.8 Å². The second-order valence-electron chi connectivity index (χ2n) is 7.30. The molecule has 1 atom stereocenters. The summed E-state index contributed by atoms with van der Waals surface area (Å²) in [4.78, 5) is 18.8. The van der Waals surface area contributed by atoms with E-state index in [1.54, 1.807) is 36.1 Å². The van der Waals surface area contributed by atoms with E-state index in [1.165, 1.54) is 0 Å². The largest absolute Gasteiger partial charge is 0.346 e. The van der Waals surface area contributed by atoms with Crippen LogP contribution in [0, 0.1) is 6.92 Å². The number of carbonyl (C=O) groups is 1. The minimum Gasteiger partial charge on any atom is -0.346 e.